The molecule has 0 aromatic heterocycles. The minimum absolute atomic E-state index is 0.0223. The number of carboxylic acid groups (broad SMARTS) is 1. The number of carboxylic acids is 1. The Bertz CT molecular complexity index is 296. The fraction of sp³-hybridized carbons (Fsp3) is 0.867. The molecule has 110 valence electrons. The molecule has 4 heteroatoms. The van der Waals surface area contributed by atoms with Gasteiger partial charge < -0.3 is 10.4 Å². The molecule has 1 rings (SSSR count). The second kappa shape index (κ2) is 8.18. The van der Waals surface area contributed by atoms with E-state index in [-0.39, 0.29) is 24.3 Å². The van der Waals surface area contributed by atoms with E-state index in [1.165, 1.54) is 32.1 Å². The molecule has 4 nitrogen and oxygen atoms in total. The van der Waals surface area contributed by atoms with Crippen molar-refractivity contribution in [3.05, 3.63) is 0 Å². The lowest BCUT2D eigenvalue weighted by atomic mass is 9.84. The maximum atomic E-state index is 11.8. The van der Waals surface area contributed by atoms with E-state index in [2.05, 4.69) is 5.32 Å². The highest BCUT2D eigenvalue weighted by Gasteiger charge is 2.21. The Balaban J connectivity index is 2.46. The fourth-order valence-electron chi connectivity index (χ4n) is 2.74. The number of hydrogen-bond donors (Lipinski definition) is 2. The number of amides is 1. The molecule has 0 spiro atoms. The van der Waals surface area contributed by atoms with Gasteiger partial charge in [-0.1, -0.05) is 46.0 Å². The topological polar surface area (TPSA) is 66.4 Å². The van der Waals surface area contributed by atoms with Crippen LogP contribution in [0.5, 0.6) is 0 Å². The molecule has 0 heterocycles. The third kappa shape index (κ3) is 6.60. The molecule has 0 aliphatic heterocycles. The smallest absolute Gasteiger partial charge is 0.303 e. The number of aliphatic carboxylic acids is 1. The number of nitrogens with one attached hydrogen (secondary N) is 1. The quantitative estimate of drug-likeness (QED) is 0.746. The fourth-order valence-corrected chi connectivity index (χ4v) is 2.74. The molecule has 2 N–H and O–H groups in total. The molecule has 1 amide bonds. The summed E-state index contributed by atoms with van der Waals surface area (Å²) in [6.07, 6.45) is 7.92. The van der Waals surface area contributed by atoms with Gasteiger partial charge in [0, 0.05) is 18.4 Å². The van der Waals surface area contributed by atoms with Gasteiger partial charge in [0.05, 0.1) is 0 Å². The zero-order valence-corrected chi connectivity index (χ0v) is 12.2. The molecule has 1 atom stereocenters. The van der Waals surface area contributed by atoms with Crippen LogP contribution in [-0.4, -0.2) is 23.0 Å². The molecule has 1 aliphatic rings. The third-order valence-electron chi connectivity index (χ3n) is 3.92. The monoisotopic (exact) mass is 269 g/mol. The Morgan fingerprint density at radius 3 is 2.37 bits per heavy atom. The molecule has 1 saturated carbocycles. The van der Waals surface area contributed by atoms with Gasteiger partial charge in [0.2, 0.25) is 5.91 Å². The van der Waals surface area contributed by atoms with E-state index in [0.717, 1.165) is 6.42 Å². The van der Waals surface area contributed by atoms with Crippen LogP contribution in [0.25, 0.3) is 0 Å². The maximum Gasteiger partial charge on any atom is 0.303 e. The minimum Gasteiger partial charge on any atom is -0.481 e. The highest BCUT2D eigenvalue weighted by Crippen LogP contribution is 2.28. The Labute approximate surface area is 116 Å². The molecule has 0 bridgehead atoms. The van der Waals surface area contributed by atoms with E-state index in [1.807, 2.05) is 13.8 Å². The molecule has 0 radical (unpaired) electrons. The van der Waals surface area contributed by atoms with Crippen molar-refractivity contribution < 1.29 is 14.7 Å². The summed E-state index contributed by atoms with van der Waals surface area (Å²) in [7, 11) is 0. The summed E-state index contributed by atoms with van der Waals surface area (Å²) < 4.78 is 0. The molecule has 1 unspecified atom stereocenters. The Morgan fingerprint density at radius 2 is 1.84 bits per heavy atom. The lowest BCUT2D eigenvalue weighted by molar-refractivity contribution is -0.137. The standard InChI is InChI=1S/C15H27NO3/c1-11(2)15(19)16-13(8-9-14(17)18)10-12-6-4-3-5-7-12/h11-13H,3-10H2,1-2H3,(H,16,19)(H,17,18). The SMILES string of the molecule is CC(C)C(=O)NC(CCC(=O)O)CC1CCCCC1. The maximum absolute atomic E-state index is 11.8. The number of rotatable bonds is 7. The summed E-state index contributed by atoms with van der Waals surface area (Å²) >= 11 is 0. The minimum atomic E-state index is -0.785. The van der Waals surface area contributed by atoms with Crippen LogP contribution in [0.2, 0.25) is 0 Å². The van der Waals surface area contributed by atoms with E-state index >= 15 is 0 Å². The van der Waals surface area contributed by atoms with Crippen molar-refractivity contribution in [2.75, 3.05) is 0 Å². The van der Waals surface area contributed by atoms with Crippen LogP contribution >= 0.6 is 0 Å². The van der Waals surface area contributed by atoms with Gasteiger partial charge in [-0.2, -0.15) is 0 Å². The van der Waals surface area contributed by atoms with Crippen LogP contribution in [0.15, 0.2) is 0 Å². The largest absolute Gasteiger partial charge is 0.481 e. The zero-order chi connectivity index (χ0) is 14.3. The lowest BCUT2D eigenvalue weighted by Gasteiger charge is -2.27. The molecular weight excluding hydrogens is 242 g/mol. The van der Waals surface area contributed by atoms with Crippen LogP contribution < -0.4 is 5.32 Å². The van der Waals surface area contributed by atoms with Gasteiger partial charge in [0.25, 0.3) is 0 Å². The first-order valence-corrected chi connectivity index (χ1v) is 7.51. The normalized spacial score (nSPS) is 18.3. The lowest BCUT2D eigenvalue weighted by Crippen LogP contribution is -2.39. The Hall–Kier alpha value is -1.06. The second-order valence-electron chi connectivity index (χ2n) is 6.03. The first-order chi connectivity index (χ1) is 8.99. The third-order valence-corrected chi connectivity index (χ3v) is 3.92. The molecule has 19 heavy (non-hydrogen) atoms. The van der Waals surface area contributed by atoms with Gasteiger partial charge >= 0.3 is 5.97 Å². The van der Waals surface area contributed by atoms with Gasteiger partial charge in [-0.15, -0.1) is 0 Å². The van der Waals surface area contributed by atoms with Gasteiger partial charge in [0.1, 0.15) is 0 Å². The first kappa shape index (κ1) is 16.0. The predicted molar refractivity (Wildman–Crippen MR) is 74.8 cm³/mol. The molecule has 0 saturated heterocycles. The average Bonchev–Trinajstić information content (AvgIpc) is 2.37. The van der Waals surface area contributed by atoms with Crippen LogP contribution in [0.4, 0.5) is 0 Å². The van der Waals surface area contributed by atoms with Crippen molar-refractivity contribution in [1.82, 2.24) is 5.32 Å². The van der Waals surface area contributed by atoms with E-state index in [1.54, 1.807) is 0 Å². The summed E-state index contributed by atoms with van der Waals surface area (Å²) in [5.74, 6) is -0.141. The van der Waals surface area contributed by atoms with E-state index in [0.29, 0.717) is 12.3 Å². The van der Waals surface area contributed by atoms with Crippen molar-refractivity contribution >= 4 is 11.9 Å². The summed E-state index contributed by atoms with van der Waals surface area (Å²) in [5, 5.41) is 11.8. The van der Waals surface area contributed by atoms with Gasteiger partial charge in [-0.25, -0.2) is 0 Å². The van der Waals surface area contributed by atoms with Gasteiger partial charge in [0.15, 0.2) is 0 Å². The van der Waals surface area contributed by atoms with Crippen molar-refractivity contribution in [2.24, 2.45) is 11.8 Å². The number of hydrogen-bond acceptors (Lipinski definition) is 2. The molecule has 0 aromatic carbocycles. The van der Waals surface area contributed by atoms with E-state index < -0.39 is 5.97 Å². The predicted octanol–water partition coefficient (Wildman–Crippen LogP) is 2.96. The summed E-state index contributed by atoms with van der Waals surface area (Å²) in [6.45, 7) is 3.73. The van der Waals surface area contributed by atoms with Crippen molar-refractivity contribution in [3.63, 3.8) is 0 Å². The Kier molecular flexibility index (Phi) is 6.89. The molecule has 0 aromatic rings. The zero-order valence-electron chi connectivity index (χ0n) is 12.2. The van der Waals surface area contributed by atoms with Crippen LogP contribution in [-0.2, 0) is 9.59 Å². The van der Waals surface area contributed by atoms with Crippen LogP contribution in [0.1, 0.15) is 65.2 Å². The molecule has 1 aliphatic carbocycles. The first-order valence-electron chi connectivity index (χ1n) is 7.51. The summed E-state index contributed by atoms with van der Waals surface area (Å²) in [4.78, 5) is 22.5. The molecule has 1 fully saturated rings. The number of carbonyl (C=O) groups excluding carboxylic acids is 1. The average molecular weight is 269 g/mol. The summed E-state index contributed by atoms with van der Waals surface area (Å²) in [5.41, 5.74) is 0. The number of carbonyl (C=O) groups is 2. The van der Waals surface area contributed by atoms with E-state index in [9.17, 15) is 9.59 Å². The van der Waals surface area contributed by atoms with Crippen molar-refractivity contribution in [2.45, 2.75) is 71.3 Å². The Morgan fingerprint density at radius 1 is 1.21 bits per heavy atom. The van der Waals surface area contributed by atoms with E-state index in [4.69, 9.17) is 5.11 Å². The van der Waals surface area contributed by atoms with Gasteiger partial charge in [-0.05, 0) is 18.8 Å². The highest BCUT2D eigenvalue weighted by atomic mass is 16.4. The van der Waals surface area contributed by atoms with Crippen LogP contribution in [0, 0.1) is 11.8 Å². The highest BCUT2D eigenvalue weighted by molar-refractivity contribution is 5.78. The summed E-state index contributed by atoms with van der Waals surface area (Å²) in [6, 6.07) is 0.0223. The van der Waals surface area contributed by atoms with Gasteiger partial charge in [-0.3, -0.25) is 9.59 Å². The van der Waals surface area contributed by atoms with Crippen molar-refractivity contribution in [1.29, 1.82) is 0 Å². The second-order valence-corrected chi connectivity index (χ2v) is 6.03. The van der Waals surface area contributed by atoms with Crippen LogP contribution in [0.3, 0.4) is 0 Å². The molecular formula is C15H27NO3. The van der Waals surface area contributed by atoms with Crippen molar-refractivity contribution in [3.8, 4) is 0 Å².